The molecule has 6 nitrogen and oxygen atoms in total. The highest BCUT2D eigenvalue weighted by Gasteiger charge is 2.40. The molecule has 0 bridgehead atoms. The smallest absolute Gasteiger partial charge is 0.162 e. The minimum Gasteiger partial charge on any atom is -0.480 e. The van der Waals surface area contributed by atoms with Crippen molar-refractivity contribution in [1.82, 2.24) is 0 Å². The van der Waals surface area contributed by atoms with E-state index in [0.717, 1.165) is 11.0 Å². The Morgan fingerprint density at radius 3 is 2.45 bits per heavy atom. The molecule has 3 rings (SSSR count). The molecular formula is C22H23N2O4P. The maximum Gasteiger partial charge on any atom is 0.162 e. The van der Waals surface area contributed by atoms with Gasteiger partial charge < -0.3 is 24.6 Å². The zero-order chi connectivity index (χ0) is 20.9. The monoisotopic (exact) mass is 410 g/mol. The Morgan fingerprint density at radius 1 is 1.17 bits per heavy atom. The summed E-state index contributed by atoms with van der Waals surface area (Å²) in [6.07, 6.45) is -0.775. The van der Waals surface area contributed by atoms with Crippen molar-refractivity contribution in [1.29, 1.82) is 5.26 Å². The molecule has 2 unspecified atom stereocenters. The molecule has 1 heterocycles. The Bertz CT molecular complexity index is 931. The van der Waals surface area contributed by atoms with E-state index in [0.29, 0.717) is 22.6 Å². The topological polar surface area (TPSA) is 83.7 Å². The molecule has 2 atom stereocenters. The van der Waals surface area contributed by atoms with E-state index in [1.165, 1.54) is 0 Å². The Hall–Kier alpha value is -2.68. The standard InChI is InChI=1S/C22H23N2O4P/c1-15(22(25)12-26-14-27-13-22)21(28-18-9-7-17(11-23)8-10-18)16(2)24-19-5-3-4-6-20(19)29/h3-10,21,24-25H,1-2,12-14,29H2. The number of hydrogen-bond donors (Lipinski definition) is 2. The number of hydrogen-bond acceptors (Lipinski definition) is 6. The number of nitriles is 1. The van der Waals surface area contributed by atoms with Crippen molar-refractivity contribution in [3.63, 3.8) is 0 Å². The first-order valence-electron chi connectivity index (χ1n) is 8.97. The summed E-state index contributed by atoms with van der Waals surface area (Å²) >= 11 is 0. The molecule has 0 radical (unpaired) electrons. The summed E-state index contributed by atoms with van der Waals surface area (Å²) in [6.45, 7) is 8.41. The van der Waals surface area contributed by atoms with Crippen molar-refractivity contribution >= 4 is 20.2 Å². The van der Waals surface area contributed by atoms with E-state index >= 15 is 0 Å². The molecule has 0 aliphatic carbocycles. The third-order valence-corrected chi connectivity index (χ3v) is 5.08. The van der Waals surface area contributed by atoms with Crippen LogP contribution < -0.4 is 15.4 Å². The van der Waals surface area contributed by atoms with Crippen molar-refractivity contribution < 1.29 is 19.3 Å². The number of anilines is 1. The van der Waals surface area contributed by atoms with Crippen LogP contribution in [0, 0.1) is 11.3 Å². The van der Waals surface area contributed by atoms with E-state index in [2.05, 4.69) is 33.8 Å². The maximum atomic E-state index is 11.0. The number of benzene rings is 2. The average molecular weight is 410 g/mol. The van der Waals surface area contributed by atoms with Crippen molar-refractivity contribution in [3.05, 3.63) is 78.5 Å². The molecule has 0 spiro atoms. The molecule has 1 fully saturated rings. The number of nitrogens with zero attached hydrogens (tertiary/aromatic N) is 1. The van der Waals surface area contributed by atoms with Gasteiger partial charge in [0, 0.05) is 11.3 Å². The van der Waals surface area contributed by atoms with Gasteiger partial charge in [-0.25, -0.2) is 0 Å². The van der Waals surface area contributed by atoms with Crippen molar-refractivity contribution in [2.75, 3.05) is 25.3 Å². The van der Waals surface area contributed by atoms with E-state index < -0.39 is 11.7 Å². The third-order valence-electron chi connectivity index (χ3n) is 4.57. The van der Waals surface area contributed by atoms with Crippen LogP contribution in [0.2, 0.25) is 0 Å². The summed E-state index contributed by atoms with van der Waals surface area (Å²) in [5, 5.41) is 24.2. The second-order valence-electron chi connectivity index (χ2n) is 6.74. The fourth-order valence-corrected chi connectivity index (χ4v) is 3.18. The fraction of sp³-hybridized carbons (Fsp3) is 0.227. The van der Waals surface area contributed by atoms with Gasteiger partial charge in [0.05, 0.1) is 30.5 Å². The summed E-state index contributed by atoms with van der Waals surface area (Å²) < 4.78 is 16.7. The van der Waals surface area contributed by atoms with Gasteiger partial charge in [0.2, 0.25) is 0 Å². The summed E-state index contributed by atoms with van der Waals surface area (Å²) in [6, 6.07) is 16.5. The van der Waals surface area contributed by atoms with Crippen LogP contribution in [0.1, 0.15) is 5.56 Å². The highest BCUT2D eigenvalue weighted by atomic mass is 31.0. The van der Waals surface area contributed by atoms with Gasteiger partial charge in [0.25, 0.3) is 0 Å². The Morgan fingerprint density at radius 2 is 1.83 bits per heavy atom. The van der Waals surface area contributed by atoms with Gasteiger partial charge in [-0.3, -0.25) is 0 Å². The molecule has 0 aromatic heterocycles. The predicted octanol–water partition coefficient (Wildman–Crippen LogP) is 2.72. The van der Waals surface area contributed by atoms with Crippen molar-refractivity contribution in [2.24, 2.45) is 0 Å². The van der Waals surface area contributed by atoms with E-state index in [1.807, 2.05) is 24.3 Å². The summed E-state index contributed by atoms with van der Waals surface area (Å²) in [4.78, 5) is 0. The van der Waals surface area contributed by atoms with Crippen LogP contribution in [0.4, 0.5) is 5.69 Å². The van der Waals surface area contributed by atoms with Crippen molar-refractivity contribution in [2.45, 2.75) is 11.7 Å². The summed E-state index contributed by atoms with van der Waals surface area (Å²) in [5.41, 5.74) is 0.801. The molecule has 150 valence electrons. The minimum absolute atomic E-state index is 0.0482. The molecule has 29 heavy (non-hydrogen) atoms. The number of para-hydroxylation sites is 1. The van der Waals surface area contributed by atoms with Gasteiger partial charge >= 0.3 is 0 Å². The zero-order valence-electron chi connectivity index (χ0n) is 15.9. The molecule has 1 aliphatic heterocycles. The Labute approximate surface area is 172 Å². The van der Waals surface area contributed by atoms with Crippen molar-refractivity contribution in [3.8, 4) is 11.8 Å². The van der Waals surface area contributed by atoms with Gasteiger partial charge in [-0.05, 0) is 35.6 Å². The Balaban J connectivity index is 1.87. The largest absolute Gasteiger partial charge is 0.480 e. The summed E-state index contributed by atoms with van der Waals surface area (Å²) in [5.74, 6) is 0.513. The van der Waals surface area contributed by atoms with Crippen LogP contribution in [-0.2, 0) is 9.47 Å². The molecule has 1 saturated heterocycles. The van der Waals surface area contributed by atoms with Crippen LogP contribution in [0.25, 0.3) is 0 Å². The molecule has 2 N–H and O–H groups in total. The lowest BCUT2D eigenvalue weighted by Gasteiger charge is -2.37. The third kappa shape index (κ3) is 5.03. The number of ether oxygens (including phenoxy) is 3. The van der Waals surface area contributed by atoms with Crippen LogP contribution in [0.15, 0.2) is 73.0 Å². The van der Waals surface area contributed by atoms with Gasteiger partial charge in [-0.2, -0.15) is 5.26 Å². The first kappa shape index (κ1) is 21.0. The van der Waals surface area contributed by atoms with Gasteiger partial charge in [-0.1, -0.05) is 31.4 Å². The number of aliphatic hydroxyl groups is 1. The van der Waals surface area contributed by atoms with E-state index in [9.17, 15) is 5.11 Å². The summed E-state index contributed by atoms with van der Waals surface area (Å²) in [7, 11) is 2.65. The molecule has 0 amide bonds. The lowest BCUT2D eigenvalue weighted by atomic mass is 9.90. The fourth-order valence-electron chi connectivity index (χ4n) is 2.90. The molecule has 2 aromatic carbocycles. The SMILES string of the molecule is C=C(Nc1ccccc1P)C(Oc1ccc(C#N)cc1)C(=C)C1(O)COCOC1. The van der Waals surface area contributed by atoms with Crippen LogP contribution in [0.5, 0.6) is 5.75 Å². The number of rotatable bonds is 7. The second kappa shape index (κ2) is 9.21. The van der Waals surface area contributed by atoms with E-state index in [1.54, 1.807) is 24.3 Å². The quantitative estimate of drug-likeness (QED) is 0.540. The normalized spacial score (nSPS) is 16.3. The van der Waals surface area contributed by atoms with Gasteiger partial charge in [0.1, 0.15) is 18.1 Å². The molecule has 0 saturated carbocycles. The highest BCUT2D eigenvalue weighted by molar-refractivity contribution is 7.28. The van der Waals surface area contributed by atoms with Crippen LogP contribution >= 0.6 is 9.24 Å². The minimum atomic E-state index is -1.42. The van der Waals surface area contributed by atoms with E-state index in [4.69, 9.17) is 19.5 Å². The average Bonchev–Trinajstić information content (AvgIpc) is 2.74. The van der Waals surface area contributed by atoms with Gasteiger partial charge in [0.15, 0.2) is 6.10 Å². The lowest BCUT2D eigenvalue weighted by Crippen LogP contribution is -2.50. The molecule has 1 aliphatic rings. The maximum absolute atomic E-state index is 11.0. The predicted molar refractivity (Wildman–Crippen MR) is 115 cm³/mol. The first-order valence-corrected chi connectivity index (χ1v) is 9.55. The van der Waals surface area contributed by atoms with Gasteiger partial charge in [-0.15, -0.1) is 9.24 Å². The van der Waals surface area contributed by atoms with Crippen LogP contribution in [-0.4, -0.2) is 36.8 Å². The lowest BCUT2D eigenvalue weighted by molar-refractivity contribution is -0.187. The zero-order valence-corrected chi connectivity index (χ0v) is 17.1. The second-order valence-corrected chi connectivity index (χ2v) is 7.37. The molecule has 2 aromatic rings. The van der Waals surface area contributed by atoms with Crippen LogP contribution in [0.3, 0.4) is 0 Å². The highest BCUT2D eigenvalue weighted by Crippen LogP contribution is 2.30. The molecule has 7 heteroatoms. The Kier molecular flexibility index (Phi) is 6.68. The first-order chi connectivity index (χ1) is 13.9. The molecular weight excluding hydrogens is 387 g/mol. The van der Waals surface area contributed by atoms with E-state index in [-0.39, 0.29) is 20.0 Å². The number of nitrogens with one attached hydrogen (secondary N) is 1.